The smallest absolute Gasteiger partial charge is 0.233 e. The van der Waals surface area contributed by atoms with Gasteiger partial charge in [-0.3, -0.25) is 4.79 Å². The van der Waals surface area contributed by atoms with E-state index < -0.39 is 0 Å². The van der Waals surface area contributed by atoms with Gasteiger partial charge in [-0.1, -0.05) is 18.2 Å². The minimum Gasteiger partial charge on any atom is -0.496 e. The van der Waals surface area contributed by atoms with E-state index in [1.54, 1.807) is 11.8 Å². The van der Waals surface area contributed by atoms with Gasteiger partial charge in [-0.15, -0.1) is 0 Å². The van der Waals surface area contributed by atoms with Gasteiger partial charge in [0.25, 0.3) is 0 Å². The normalized spacial score (nSPS) is 15.9. The van der Waals surface area contributed by atoms with Crippen molar-refractivity contribution in [2.45, 2.75) is 19.3 Å². The number of nitrogens with zero attached hydrogens (tertiary/aromatic N) is 4. The minimum absolute atomic E-state index is 0.0423. The second-order valence-electron chi connectivity index (χ2n) is 7.42. The number of benzene rings is 2. The van der Waals surface area contributed by atoms with Crippen molar-refractivity contribution in [2.75, 3.05) is 12.4 Å². The van der Waals surface area contributed by atoms with Gasteiger partial charge >= 0.3 is 0 Å². The number of methoxy groups -OCH3 is 1. The van der Waals surface area contributed by atoms with E-state index in [4.69, 9.17) is 14.8 Å². The number of hydrogen-bond acceptors (Lipinski definition) is 4. The summed E-state index contributed by atoms with van der Waals surface area (Å²) in [4.78, 5) is 17.4. The number of amides is 1. The van der Waals surface area contributed by atoms with E-state index in [9.17, 15) is 4.79 Å². The minimum atomic E-state index is -0.0978. The number of aryl methyl sites for hydroxylation is 2. The zero-order valence-corrected chi connectivity index (χ0v) is 18.4. The van der Waals surface area contributed by atoms with Gasteiger partial charge in [-0.05, 0) is 52.7 Å². The van der Waals surface area contributed by atoms with Crippen LogP contribution < -0.4 is 10.1 Å². The van der Waals surface area contributed by atoms with Gasteiger partial charge in [-0.25, -0.2) is 4.98 Å². The van der Waals surface area contributed by atoms with Crippen LogP contribution in [-0.2, 0) is 11.8 Å². The van der Waals surface area contributed by atoms with E-state index in [1.807, 2.05) is 61.0 Å². The van der Waals surface area contributed by atoms with Crippen LogP contribution in [0, 0.1) is 6.92 Å². The Bertz CT molecular complexity index is 1310. The summed E-state index contributed by atoms with van der Waals surface area (Å²) in [5.74, 6) is 1.96. The van der Waals surface area contributed by atoms with E-state index in [0.717, 1.165) is 38.1 Å². The first-order valence-corrected chi connectivity index (χ1v) is 10.4. The maximum atomic E-state index is 12.7. The van der Waals surface area contributed by atoms with Crippen molar-refractivity contribution in [1.29, 1.82) is 0 Å². The number of para-hydroxylation sites is 2. The maximum absolute atomic E-state index is 12.7. The highest BCUT2D eigenvalue weighted by molar-refractivity contribution is 9.10. The number of anilines is 1. The molecule has 5 rings (SSSR count). The Morgan fingerprint density at radius 3 is 2.77 bits per heavy atom. The predicted molar refractivity (Wildman–Crippen MR) is 118 cm³/mol. The maximum Gasteiger partial charge on any atom is 0.233 e. The summed E-state index contributed by atoms with van der Waals surface area (Å²) in [6.07, 6.45) is 0.362. The molecule has 0 fully saturated rings. The molecule has 30 heavy (non-hydrogen) atoms. The lowest BCUT2D eigenvalue weighted by molar-refractivity contribution is -0.116. The molecule has 0 spiro atoms. The lowest BCUT2D eigenvalue weighted by atomic mass is 9.86. The van der Waals surface area contributed by atoms with Crippen molar-refractivity contribution in [3.63, 3.8) is 0 Å². The number of hydrogen-bond donors (Lipinski definition) is 1. The summed E-state index contributed by atoms with van der Waals surface area (Å²) in [7, 11) is 3.59. The fourth-order valence-electron chi connectivity index (χ4n) is 4.20. The molecular formula is C22H20BrN5O2. The first-order valence-electron chi connectivity index (χ1n) is 9.62. The van der Waals surface area contributed by atoms with Gasteiger partial charge in [0, 0.05) is 24.9 Å². The van der Waals surface area contributed by atoms with Crippen LogP contribution in [0.4, 0.5) is 5.82 Å². The second kappa shape index (κ2) is 6.98. The summed E-state index contributed by atoms with van der Waals surface area (Å²) in [5.41, 5.74) is 4.81. The van der Waals surface area contributed by atoms with Crippen molar-refractivity contribution in [1.82, 2.24) is 19.3 Å². The third kappa shape index (κ3) is 2.82. The number of fused-ring (bicyclic) bond motifs is 2. The molecule has 4 aromatic rings. The molecule has 8 heteroatoms. The number of rotatable bonds is 3. The fraction of sp³-hybridized carbons (Fsp3) is 0.227. The molecule has 7 nitrogen and oxygen atoms in total. The number of carbonyl (C=O) groups is 1. The van der Waals surface area contributed by atoms with Crippen LogP contribution in [0.25, 0.3) is 17.0 Å². The Morgan fingerprint density at radius 2 is 2.03 bits per heavy atom. The second-order valence-corrected chi connectivity index (χ2v) is 8.27. The first-order chi connectivity index (χ1) is 14.5. The number of halogens is 1. The van der Waals surface area contributed by atoms with Crippen LogP contribution in [0.5, 0.6) is 5.75 Å². The van der Waals surface area contributed by atoms with Crippen molar-refractivity contribution < 1.29 is 9.53 Å². The average molecular weight is 466 g/mol. The molecule has 1 unspecified atom stereocenters. The summed E-state index contributed by atoms with van der Waals surface area (Å²) >= 11 is 3.56. The molecule has 2 aromatic heterocycles. The van der Waals surface area contributed by atoms with Crippen molar-refractivity contribution in [3.05, 3.63) is 63.8 Å². The third-order valence-corrected chi connectivity index (χ3v) is 6.25. The van der Waals surface area contributed by atoms with Crippen LogP contribution in [-0.4, -0.2) is 32.3 Å². The molecule has 152 valence electrons. The predicted octanol–water partition coefficient (Wildman–Crippen LogP) is 4.31. The monoisotopic (exact) mass is 465 g/mol. The Hall–Kier alpha value is -3.13. The standard InChI is InChI=1S/C22H20BrN5O2/c1-12-20-14(13-8-9-18(30-3)15(23)10-13)11-19(29)25-21(20)28(26-12)22-24-16-6-4-5-7-17(16)27(22)2/h4-10,14H,11H2,1-3H3,(H,25,29). The summed E-state index contributed by atoms with van der Waals surface area (Å²) in [6, 6.07) is 13.9. The number of nitrogens with one attached hydrogen (secondary N) is 1. The third-order valence-electron chi connectivity index (χ3n) is 5.63. The Labute approximate surface area is 181 Å². The number of aromatic nitrogens is 4. The molecule has 1 N–H and O–H groups in total. The van der Waals surface area contributed by atoms with Crippen LogP contribution >= 0.6 is 15.9 Å². The molecule has 0 saturated heterocycles. The molecular weight excluding hydrogens is 446 g/mol. The Kier molecular flexibility index (Phi) is 4.39. The Balaban J connectivity index is 1.68. The van der Waals surface area contributed by atoms with Crippen molar-refractivity contribution in [3.8, 4) is 11.7 Å². The van der Waals surface area contributed by atoms with Crippen LogP contribution in [0.1, 0.15) is 29.2 Å². The van der Waals surface area contributed by atoms with E-state index in [-0.39, 0.29) is 11.8 Å². The van der Waals surface area contributed by atoms with Crippen LogP contribution in [0.3, 0.4) is 0 Å². The summed E-state index contributed by atoms with van der Waals surface area (Å²) in [5, 5.41) is 7.80. The largest absolute Gasteiger partial charge is 0.496 e. The van der Waals surface area contributed by atoms with Crippen molar-refractivity contribution in [2.24, 2.45) is 7.05 Å². The number of imidazole rings is 1. The van der Waals surface area contributed by atoms with Gasteiger partial charge in [0.05, 0.1) is 28.3 Å². The fourth-order valence-corrected chi connectivity index (χ4v) is 4.76. The molecule has 2 aromatic carbocycles. The molecule has 1 atom stereocenters. The zero-order chi connectivity index (χ0) is 21.0. The molecule has 0 radical (unpaired) electrons. The topological polar surface area (TPSA) is 74.0 Å². The molecule has 0 aliphatic carbocycles. The quantitative estimate of drug-likeness (QED) is 0.489. The van der Waals surface area contributed by atoms with Gasteiger partial charge in [0.15, 0.2) is 0 Å². The highest BCUT2D eigenvalue weighted by Crippen LogP contribution is 2.41. The van der Waals surface area contributed by atoms with Gasteiger partial charge in [-0.2, -0.15) is 9.78 Å². The number of ether oxygens (including phenoxy) is 1. The van der Waals surface area contributed by atoms with Crippen LogP contribution in [0.2, 0.25) is 0 Å². The SMILES string of the molecule is COc1ccc(C2CC(=O)Nc3c2c(C)nn3-c2nc3ccccc3n2C)cc1Br. The highest BCUT2D eigenvalue weighted by Gasteiger charge is 2.33. The van der Waals surface area contributed by atoms with E-state index in [1.165, 1.54) is 0 Å². The van der Waals surface area contributed by atoms with Crippen molar-refractivity contribution >= 4 is 38.7 Å². The van der Waals surface area contributed by atoms with Crippen LogP contribution in [0.15, 0.2) is 46.9 Å². The number of carbonyl (C=O) groups excluding carboxylic acids is 1. The van der Waals surface area contributed by atoms with E-state index in [2.05, 4.69) is 21.2 Å². The van der Waals surface area contributed by atoms with E-state index >= 15 is 0 Å². The lowest BCUT2D eigenvalue weighted by Crippen LogP contribution is -2.25. The molecule has 3 heterocycles. The molecule has 1 aliphatic rings. The van der Waals surface area contributed by atoms with Gasteiger partial charge < -0.3 is 14.6 Å². The highest BCUT2D eigenvalue weighted by atomic mass is 79.9. The van der Waals surface area contributed by atoms with Gasteiger partial charge in [0.1, 0.15) is 11.6 Å². The molecule has 1 aliphatic heterocycles. The lowest BCUT2D eigenvalue weighted by Gasteiger charge is -2.24. The first kappa shape index (κ1) is 18.9. The van der Waals surface area contributed by atoms with Gasteiger partial charge in [0.2, 0.25) is 11.9 Å². The Morgan fingerprint density at radius 1 is 1.23 bits per heavy atom. The summed E-state index contributed by atoms with van der Waals surface area (Å²) in [6.45, 7) is 1.97. The molecule has 0 bridgehead atoms. The molecule has 1 amide bonds. The zero-order valence-electron chi connectivity index (χ0n) is 16.8. The molecule has 0 saturated carbocycles. The summed E-state index contributed by atoms with van der Waals surface area (Å²) < 4.78 is 9.94. The van der Waals surface area contributed by atoms with E-state index in [0.29, 0.717) is 18.2 Å². The average Bonchev–Trinajstić information content (AvgIpc) is 3.24.